The van der Waals surface area contributed by atoms with Crippen molar-refractivity contribution in [2.24, 2.45) is 5.92 Å². The van der Waals surface area contributed by atoms with E-state index >= 15 is 0 Å². The molecule has 13 heteroatoms. The van der Waals surface area contributed by atoms with Gasteiger partial charge in [0.25, 0.3) is 15.9 Å². The highest BCUT2D eigenvalue weighted by Crippen LogP contribution is 2.30. The first-order chi connectivity index (χ1) is 24.0. The maximum absolute atomic E-state index is 14.4. The van der Waals surface area contributed by atoms with Crippen LogP contribution >= 0.6 is 11.3 Å². The minimum Gasteiger partial charge on any atom is -0.490 e. The number of urea groups is 1. The third kappa shape index (κ3) is 9.01. The van der Waals surface area contributed by atoms with Crippen LogP contribution in [0.2, 0.25) is 0 Å². The van der Waals surface area contributed by atoms with Crippen molar-refractivity contribution in [3.8, 4) is 5.75 Å². The van der Waals surface area contributed by atoms with Crippen molar-refractivity contribution >= 4 is 55.4 Å². The zero-order chi connectivity index (χ0) is 35.8. The number of hydrogen-bond donors (Lipinski definition) is 3. The Morgan fingerprint density at radius 2 is 1.84 bits per heavy atom. The van der Waals surface area contributed by atoms with Crippen molar-refractivity contribution in [2.75, 3.05) is 44.0 Å². The van der Waals surface area contributed by atoms with Crippen LogP contribution in [0.25, 0.3) is 10.8 Å². The number of ether oxygens (including phenoxy) is 2. The monoisotopic (exact) mass is 722 g/mol. The second-order valence-electron chi connectivity index (χ2n) is 12.8. The van der Waals surface area contributed by atoms with Crippen molar-refractivity contribution in [2.45, 2.75) is 62.5 Å². The number of sulfonamides is 1. The highest BCUT2D eigenvalue weighted by atomic mass is 32.2. The molecule has 1 aliphatic rings. The average molecular weight is 723 g/mol. The van der Waals surface area contributed by atoms with Crippen LogP contribution in [0.1, 0.15) is 50.4 Å². The predicted molar refractivity (Wildman–Crippen MR) is 198 cm³/mol. The van der Waals surface area contributed by atoms with E-state index in [1.165, 1.54) is 11.4 Å². The number of anilines is 2. The summed E-state index contributed by atoms with van der Waals surface area (Å²) in [5.41, 5.74) is 1.27. The fraction of sp³-hybridized carbons (Fsp3) is 0.405. The maximum Gasteiger partial charge on any atom is 0.323 e. The lowest BCUT2D eigenvalue weighted by Gasteiger charge is -2.35. The molecule has 2 heterocycles. The number of rotatable bonds is 8. The second kappa shape index (κ2) is 16.8. The molecule has 0 bridgehead atoms. The summed E-state index contributed by atoms with van der Waals surface area (Å²) in [6.45, 7) is 5.99. The summed E-state index contributed by atoms with van der Waals surface area (Å²) in [5, 5.41) is 19.6. The Balaban J connectivity index is 1.42. The number of carbonyl (C=O) groups excluding carboxylic acids is 2. The minimum absolute atomic E-state index is 0.0902. The van der Waals surface area contributed by atoms with Crippen molar-refractivity contribution in [3.63, 3.8) is 0 Å². The molecule has 3 N–H and O–H groups in total. The first-order valence-electron chi connectivity index (χ1n) is 16.9. The SMILES string of the molecule is C[C@H]1CCCCO[C@H](CN(C)S(=O)(=O)c2cccs2)[C@@H](C)CN([C@@H](C)CO)C(=O)c2cc(NC(=O)Nc3cccc4ccccc34)ccc2O1. The van der Waals surface area contributed by atoms with Gasteiger partial charge in [-0.3, -0.25) is 4.79 Å². The molecule has 0 saturated carbocycles. The number of nitrogens with one attached hydrogen (secondary N) is 2. The molecule has 268 valence electrons. The molecular weight excluding hydrogens is 677 g/mol. The summed E-state index contributed by atoms with van der Waals surface area (Å²) in [6.07, 6.45) is 1.50. The third-order valence-electron chi connectivity index (χ3n) is 8.94. The molecule has 0 radical (unpaired) electrons. The van der Waals surface area contributed by atoms with Gasteiger partial charge >= 0.3 is 6.03 Å². The van der Waals surface area contributed by atoms with Gasteiger partial charge in [0.1, 0.15) is 9.96 Å². The van der Waals surface area contributed by atoms with Gasteiger partial charge < -0.3 is 30.1 Å². The molecule has 50 heavy (non-hydrogen) atoms. The summed E-state index contributed by atoms with van der Waals surface area (Å²) < 4.78 is 40.7. The Morgan fingerprint density at radius 3 is 2.60 bits per heavy atom. The van der Waals surface area contributed by atoms with Crippen molar-refractivity contribution in [1.82, 2.24) is 9.21 Å². The highest BCUT2D eigenvalue weighted by Gasteiger charge is 2.32. The summed E-state index contributed by atoms with van der Waals surface area (Å²) in [6, 6.07) is 20.6. The van der Waals surface area contributed by atoms with Gasteiger partial charge in [0.05, 0.1) is 36.1 Å². The van der Waals surface area contributed by atoms with Crippen LogP contribution in [-0.2, 0) is 14.8 Å². The summed E-state index contributed by atoms with van der Waals surface area (Å²) in [5.74, 6) is -0.334. The minimum atomic E-state index is -3.72. The number of likely N-dealkylation sites (N-methyl/N-ethyl adjacent to an activating group) is 1. The van der Waals surface area contributed by atoms with Crippen LogP contribution in [0.5, 0.6) is 5.75 Å². The fourth-order valence-electron chi connectivity index (χ4n) is 6.00. The Morgan fingerprint density at radius 1 is 1.06 bits per heavy atom. The van der Waals surface area contributed by atoms with Crippen molar-refractivity contribution in [3.05, 3.63) is 83.7 Å². The standard InChI is InChI=1S/C37H46N4O7S2/c1-25-22-41(26(2)24-42)36(43)31-21-29(38-37(44)39-32-15-9-13-28-12-5-6-14-30(28)32)17-18-33(31)48-27(3)11-7-8-19-47-34(25)23-40(4)50(45,46)35-16-10-20-49-35/h5-6,9-10,12-18,20-21,25-27,34,42H,7-8,11,19,22-24H2,1-4H3,(H2,38,39,44)/t25-,26-,27-,34+/m0/s1. The first-order valence-corrected chi connectivity index (χ1v) is 19.2. The first kappa shape index (κ1) is 37.3. The molecule has 1 aliphatic heterocycles. The Labute approximate surface area is 298 Å². The second-order valence-corrected chi connectivity index (χ2v) is 16.1. The van der Waals surface area contributed by atoms with E-state index in [0.29, 0.717) is 30.2 Å². The summed E-state index contributed by atoms with van der Waals surface area (Å²) in [7, 11) is -2.19. The molecule has 3 amide bonds. The summed E-state index contributed by atoms with van der Waals surface area (Å²) >= 11 is 1.16. The van der Waals surface area contributed by atoms with Gasteiger partial charge in [-0.1, -0.05) is 49.4 Å². The van der Waals surface area contributed by atoms with Gasteiger partial charge in [-0.25, -0.2) is 13.2 Å². The molecule has 4 aromatic rings. The van der Waals surface area contributed by atoms with Crippen LogP contribution in [0.3, 0.4) is 0 Å². The normalized spacial score (nSPS) is 20.1. The van der Waals surface area contributed by atoms with Crippen LogP contribution in [-0.4, -0.2) is 86.3 Å². The molecule has 3 aromatic carbocycles. The number of carbonyl (C=O) groups is 2. The van der Waals surface area contributed by atoms with Crippen molar-refractivity contribution < 1.29 is 32.6 Å². The Bertz CT molecular complexity index is 1860. The van der Waals surface area contributed by atoms with Crippen molar-refractivity contribution in [1.29, 1.82) is 0 Å². The molecule has 0 aliphatic carbocycles. The van der Waals surface area contributed by atoms with E-state index < -0.39 is 34.1 Å². The fourth-order valence-corrected chi connectivity index (χ4v) is 8.38. The predicted octanol–water partition coefficient (Wildman–Crippen LogP) is 6.66. The Kier molecular flexibility index (Phi) is 12.5. The van der Waals surface area contributed by atoms with E-state index in [9.17, 15) is 23.1 Å². The Hall–Kier alpha value is -4.01. The number of thiophene rings is 1. The smallest absolute Gasteiger partial charge is 0.323 e. The lowest BCUT2D eigenvalue weighted by molar-refractivity contribution is -0.00832. The van der Waals surface area contributed by atoms with Crippen LogP contribution in [0, 0.1) is 5.92 Å². The van der Waals surface area contributed by atoms with Gasteiger partial charge in [-0.2, -0.15) is 4.31 Å². The number of fused-ring (bicyclic) bond motifs is 2. The number of benzene rings is 3. The van der Waals surface area contributed by atoms with E-state index in [4.69, 9.17) is 9.47 Å². The molecule has 4 atom stereocenters. The maximum atomic E-state index is 14.4. The molecule has 5 rings (SSSR count). The van der Waals surface area contributed by atoms with Gasteiger partial charge in [0.15, 0.2) is 0 Å². The average Bonchev–Trinajstić information content (AvgIpc) is 3.66. The van der Waals surface area contributed by atoms with Gasteiger partial charge in [-0.15, -0.1) is 11.3 Å². The topological polar surface area (TPSA) is 138 Å². The largest absolute Gasteiger partial charge is 0.490 e. The van der Waals surface area contributed by atoms with E-state index in [1.54, 1.807) is 47.5 Å². The van der Waals surface area contributed by atoms with E-state index in [-0.39, 0.29) is 41.5 Å². The van der Waals surface area contributed by atoms with Gasteiger partial charge in [-0.05, 0) is 74.2 Å². The molecule has 1 aromatic heterocycles. The van der Waals surface area contributed by atoms with Gasteiger partial charge in [0.2, 0.25) is 0 Å². The number of amides is 3. The number of nitrogens with zero attached hydrogens (tertiary/aromatic N) is 2. The molecule has 0 spiro atoms. The number of hydrogen-bond acceptors (Lipinski definition) is 8. The third-order valence-corrected chi connectivity index (χ3v) is 12.1. The van der Waals surface area contributed by atoms with Crippen LogP contribution in [0.15, 0.2) is 82.4 Å². The molecule has 0 unspecified atom stereocenters. The molecular formula is C37H46N4O7S2. The highest BCUT2D eigenvalue weighted by molar-refractivity contribution is 7.91. The zero-order valence-electron chi connectivity index (χ0n) is 28.9. The number of aliphatic hydroxyl groups excluding tert-OH is 1. The van der Waals surface area contributed by atoms with Crippen LogP contribution in [0.4, 0.5) is 16.2 Å². The zero-order valence-corrected chi connectivity index (χ0v) is 30.5. The van der Waals surface area contributed by atoms with Crippen LogP contribution < -0.4 is 15.4 Å². The number of aliphatic hydroxyl groups is 1. The lowest BCUT2D eigenvalue weighted by atomic mass is 10.0. The molecule has 0 saturated heterocycles. The van der Waals surface area contributed by atoms with E-state index in [0.717, 1.165) is 35.0 Å². The van der Waals surface area contributed by atoms with E-state index in [2.05, 4.69) is 10.6 Å². The lowest BCUT2D eigenvalue weighted by Crippen LogP contribution is -2.48. The summed E-state index contributed by atoms with van der Waals surface area (Å²) in [4.78, 5) is 29.2. The quantitative estimate of drug-likeness (QED) is 0.185. The molecule has 0 fully saturated rings. The molecule has 11 nitrogen and oxygen atoms in total. The van der Waals surface area contributed by atoms with Gasteiger partial charge in [0, 0.05) is 43.7 Å². The van der Waals surface area contributed by atoms with E-state index in [1.807, 2.05) is 56.3 Å².